The van der Waals surface area contributed by atoms with Crippen molar-refractivity contribution >= 4 is 11.6 Å². The molecular formula is C11H20N4O3. The minimum Gasteiger partial charge on any atom is -0.395 e. The summed E-state index contributed by atoms with van der Waals surface area (Å²) in [5.41, 5.74) is 7.20. The summed E-state index contributed by atoms with van der Waals surface area (Å²) >= 11 is 0. The lowest BCUT2D eigenvalue weighted by Crippen LogP contribution is -2.26. The molecule has 0 saturated heterocycles. The molecule has 0 unspecified atom stereocenters. The van der Waals surface area contributed by atoms with Crippen molar-refractivity contribution in [3.8, 4) is 0 Å². The predicted molar refractivity (Wildman–Crippen MR) is 67.2 cm³/mol. The molecule has 1 aromatic rings. The van der Waals surface area contributed by atoms with Crippen LogP contribution in [0.2, 0.25) is 0 Å². The summed E-state index contributed by atoms with van der Waals surface area (Å²) < 4.78 is 5.07. The molecule has 7 heteroatoms. The molecule has 1 heterocycles. The molecular weight excluding hydrogens is 236 g/mol. The third-order valence-electron chi connectivity index (χ3n) is 2.44. The maximum absolute atomic E-state index is 11.7. The normalized spacial score (nSPS) is 10.6. The van der Waals surface area contributed by atoms with E-state index >= 15 is 0 Å². The quantitative estimate of drug-likeness (QED) is 0.476. The Morgan fingerprint density at radius 1 is 1.56 bits per heavy atom. The van der Waals surface area contributed by atoms with Gasteiger partial charge in [-0.25, -0.2) is 0 Å². The summed E-state index contributed by atoms with van der Waals surface area (Å²) in [4.78, 5) is 11.7. The molecule has 0 fully saturated rings. The zero-order chi connectivity index (χ0) is 13.4. The Balaban J connectivity index is 2.30. The van der Waals surface area contributed by atoms with Gasteiger partial charge in [0.25, 0.3) is 5.91 Å². The first-order chi connectivity index (χ1) is 8.70. The molecule has 0 aliphatic rings. The summed E-state index contributed by atoms with van der Waals surface area (Å²) in [6.07, 6.45) is 1.39. The average molecular weight is 256 g/mol. The first kappa shape index (κ1) is 14.5. The van der Waals surface area contributed by atoms with Crippen LogP contribution in [0.3, 0.4) is 0 Å². The molecule has 1 rings (SSSR count). The molecule has 0 atom stereocenters. The fraction of sp³-hybridized carbons (Fsp3) is 0.636. The molecule has 5 N–H and O–H groups in total. The smallest absolute Gasteiger partial charge is 0.273 e. The van der Waals surface area contributed by atoms with E-state index in [4.69, 9.17) is 15.6 Å². The van der Waals surface area contributed by atoms with Crippen molar-refractivity contribution in [3.05, 3.63) is 11.4 Å². The maximum atomic E-state index is 11.7. The monoisotopic (exact) mass is 256 g/mol. The lowest BCUT2D eigenvalue weighted by Gasteiger charge is -2.04. The minimum absolute atomic E-state index is 0.00988. The van der Waals surface area contributed by atoms with Crippen LogP contribution in [0.25, 0.3) is 0 Å². The van der Waals surface area contributed by atoms with Crippen LogP contribution in [0.15, 0.2) is 0 Å². The van der Waals surface area contributed by atoms with Gasteiger partial charge in [0.15, 0.2) is 5.69 Å². The second-order valence-corrected chi connectivity index (χ2v) is 3.76. The summed E-state index contributed by atoms with van der Waals surface area (Å²) in [7, 11) is 0. The number of hydrogen-bond acceptors (Lipinski definition) is 5. The maximum Gasteiger partial charge on any atom is 0.273 e. The molecule has 1 amide bonds. The number of amides is 1. The van der Waals surface area contributed by atoms with Crippen LogP contribution in [0.4, 0.5) is 5.69 Å². The number of carbonyl (C=O) groups excluding carboxylic acids is 1. The Hall–Kier alpha value is -1.60. The van der Waals surface area contributed by atoms with E-state index in [1.165, 1.54) is 0 Å². The highest BCUT2D eigenvalue weighted by atomic mass is 16.5. The summed E-state index contributed by atoms with van der Waals surface area (Å²) in [6.45, 7) is 3.25. The Morgan fingerprint density at radius 2 is 2.33 bits per heavy atom. The molecule has 102 valence electrons. The van der Waals surface area contributed by atoms with E-state index in [-0.39, 0.29) is 18.2 Å². The van der Waals surface area contributed by atoms with Gasteiger partial charge in [-0.1, -0.05) is 6.92 Å². The molecule has 7 nitrogen and oxygen atoms in total. The van der Waals surface area contributed by atoms with Crippen LogP contribution in [-0.2, 0) is 11.2 Å². The van der Waals surface area contributed by atoms with Crippen molar-refractivity contribution in [2.45, 2.75) is 19.8 Å². The number of nitrogens with zero attached hydrogens (tertiary/aromatic N) is 1. The number of H-pyrrole nitrogens is 1. The summed E-state index contributed by atoms with van der Waals surface area (Å²) in [5.74, 6) is -0.286. The van der Waals surface area contributed by atoms with Gasteiger partial charge in [0.05, 0.1) is 24.6 Å². The average Bonchev–Trinajstić information content (AvgIpc) is 2.74. The molecule has 1 aromatic heterocycles. The number of anilines is 1. The molecule has 0 bridgehead atoms. The topological polar surface area (TPSA) is 113 Å². The van der Waals surface area contributed by atoms with Gasteiger partial charge in [0.2, 0.25) is 0 Å². The minimum atomic E-state index is -0.286. The predicted octanol–water partition coefficient (Wildman–Crippen LogP) is -0.317. The van der Waals surface area contributed by atoms with E-state index < -0.39 is 0 Å². The number of aliphatic hydroxyl groups is 1. The van der Waals surface area contributed by atoms with Crippen LogP contribution in [0, 0.1) is 0 Å². The highest BCUT2D eigenvalue weighted by Crippen LogP contribution is 2.13. The third kappa shape index (κ3) is 4.01. The lowest BCUT2D eigenvalue weighted by atomic mass is 10.2. The fourth-order valence-corrected chi connectivity index (χ4v) is 1.46. The number of rotatable bonds is 8. The second-order valence-electron chi connectivity index (χ2n) is 3.76. The number of aryl methyl sites for hydroxylation is 1. The first-order valence-electron chi connectivity index (χ1n) is 6.00. The van der Waals surface area contributed by atoms with E-state index in [9.17, 15) is 4.79 Å². The molecule has 0 aliphatic heterocycles. The number of carbonyl (C=O) groups is 1. The first-order valence-corrected chi connectivity index (χ1v) is 6.00. The highest BCUT2D eigenvalue weighted by Gasteiger charge is 2.15. The van der Waals surface area contributed by atoms with Gasteiger partial charge < -0.3 is 20.9 Å². The van der Waals surface area contributed by atoms with Crippen molar-refractivity contribution in [2.24, 2.45) is 0 Å². The number of aromatic amines is 1. The number of aromatic nitrogens is 2. The van der Waals surface area contributed by atoms with Crippen molar-refractivity contribution in [1.82, 2.24) is 15.5 Å². The Bertz CT molecular complexity index is 378. The van der Waals surface area contributed by atoms with E-state index in [1.54, 1.807) is 0 Å². The molecule has 0 aliphatic carbocycles. The fourth-order valence-electron chi connectivity index (χ4n) is 1.46. The number of nitrogen functional groups attached to an aromatic ring is 1. The van der Waals surface area contributed by atoms with Gasteiger partial charge in [-0.15, -0.1) is 0 Å². The van der Waals surface area contributed by atoms with Gasteiger partial charge in [-0.3, -0.25) is 9.89 Å². The number of hydrogen-bond donors (Lipinski definition) is 4. The van der Waals surface area contributed by atoms with Gasteiger partial charge in [0.1, 0.15) is 0 Å². The van der Waals surface area contributed by atoms with E-state index in [0.717, 1.165) is 5.69 Å². The second kappa shape index (κ2) is 7.67. The molecule has 18 heavy (non-hydrogen) atoms. The van der Waals surface area contributed by atoms with Crippen LogP contribution < -0.4 is 11.1 Å². The Kier molecular flexibility index (Phi) is 6.16. The molecule has 0 saturated carbocycles. The van der Waals surface area contributed by atoms with Crippen molar-refractivity contribution < 1.29 is 14.6 Å². The summed E-state index contributed by atoms with van der Waals surface area (Å²) in [6, 6.07) is 0. The van der Waals surface area contributed by atoms with Crippen LogP contribution in [0.5, 0.6) is 0 Å². The SMILES string of the molecule is CCc1[nH]nc(C(=O)NCCCOCCO)c1N. The van der Waals surface area contributed by atoms with Crippen molar-refractivity contribution in [3.63, 3.8) is 0 Å². The van der Waals surface area contributed by atoms with Gasteiger partial charge >= 0.3 is 0 Å². The van der Waals surface area contributed by atoms with E-state index in [0.29, 0.717) is 38.3 Å². The van der Waals surface area contributed by atoms with Gasteiger partial charge in [0, 0.05) is 13.2 Å². The third-order valence-corrected chi connectivity index (χ3v) is 2.44. The number of aliphatic hydroxyl groups excluding tert-OH is 1. The van der Waals surface area contributed by atoms with Crippen LogP contribution in [-0.4, -0.2) is 47.6 Å². The van der Waals surface area contributed by atoms with Crippen LogP contribution in [0.1, 0.15) is 29.5 Å². The largest absolute Gasteiger partial charge is 0.395 e. The zero-order valence-corrected chi connectivity index (χ0v) is 10.5. The van der Waals surface area contributed by atoms with Gasteiger partial charge in [-0.2, -0.15) is 5.10 Å². The lowest BCUT2D eigenvalue weighted by molar-refractivity contribution is 0.0866. The number of nitrogens with two attached hydrogens (primary N) is 1. The number of ether oxygens (including phenoxy) is 1. The Morgan fingerprint density at radius 3 is 2.94 bits per heavy atom. The molecule has 0 aromatic carbocycles. The zero-order valence-electron chi connectivity index (χ0n) is 10.5. The highest BCUT2D eigenvalue weighted by molar-refractivity contribution is 5.97. The van der Waals surface area contributed by atoms with Crippen molar-refractivity contribution in [2.75, 3.05) is 32.1 Å². The Labute approximate surface area is 106 Å². The molecule has 0 spiro atoms. The van der Waals surface area contributed by atoms with E-state index in [2.05, 4.69) is 15.5 Å². The summed E-state index contributed by atoms with van der Waals surface area (Å²) in [5, 5.41) is 17.8. The van der Waals surface area contributed by atoms with E-state index in [1.807, 2.05) is 6.92 Å². The van der Waals surface area contributed by atoms with Crippen LogP contribution >= 0.6 is 0 Å². The standard InChI is InChI=1S/C11H20N4O3/c1-2-8-9(12)10(15-14-8)11(17)13-4-3-6-18-7-5-16/h16H,2-7,12H2,1H3,(H,13,17)(H,14,15). The van der Waals surface area contributed by atoms with Crippen molar-refractivity contribution in [1.29, 1.82) is 0 Å². The molecule has 0 radical (unpaired) electrons. The number of nitrogens with one attached hydrogen (secondary N) is 2. The van der Waals surface area contributed by atoms with Gasteiger partial charge in [-0.05, 0) is 12.8 Å².